The number of aryl methyl sites for hydroxylation is 1. The highest BCUT2D eigenvalue weighted by atomic mass is 19.1. The van der Waals surface area contributed by atoms with E-state index >= 15 is 0 Å². The lowest BCUT2D eigenvalue weighted by molar-refractivity contribution is -0.0508. The third-order valence-corrected chi connectivity index (χ3v) is 5.12. The van der Waals surface area contributed by atoms with E-state index in [0.717, 1.165) is 56.3 Å². The van der Waals surface area contributed by atoms with Gasteiger partial charge < -0.3 is 4.74 Å². The number of morpholine rings is 1. The smallest absolute Gasteiger partial charge is 0.123 e. The van der Waals surface area contributed by atoms with Crippen molar-refractivity contribution in [2.45, 2.75) is 32.2 Å². The van der Waals surface area contributed by atoms with Gasteiger partial charge in [-0.2, -0.15) is 0 Å². The van der Waals surface area contributed by atoms with Crippen LogP contribution in [0.4, 0.5) is 4.39 Å². The summed E-state index contributed by atoms with van der Waals surface area (Å²) in [5.41, 5.74) is 3.33. The van der Waals surface area contributed by atoms with Crippen molar-refractivity contribution in [3.05, 3.63) is 65.2 Å². The molecule has 4 nitrogen and oxygen atoms in total. The first-order chi connectivity index (χ1) is 12.2. The first-order valence-electron chi connectivity index (χ1n) is 8.92. The van der Waals surface area contributed by atoms with Crippen molar-refractivity contribution in [3.8, 4) is 0 Å². The fourth-order valence-corrected chi connectivity index (χ4v) is 3.90. The van der Waals surface area contributed by atoms with Crippen LogP contribution in [-0.2, 0) is 17.8 Å². The van der Waals surface area contributed by atoms with Crippen molar-refractivity contribution in [3.63, 3.8) is 0 Å². The molecule has 4 rings (SSSR count). The van der Waals surface area contributed by atoms with Crippen LogP contribution >= 0.6 is 0 Å². The number of benzene rings is 1. The Balaban J connectivity index is 1.42. The van der Waals surface area contributed by atoms with Crippen LogP contribution in [0.25, 0.3) is 0 Å². The molecular formula is C20H24FN3O. The number of hydrogen-bond acceptors (Lipinski definition) is 4. The first kappa shape index (κ1) is 16.6. The summed E-state index contributed by atoms with van der Waals surface area (Å²) in [4.78, 5) is 9.55. The van der Waals surface area contributed by atoms with Crippen LogP contribution in [0, 0.1) is 12.7 Å². The van der Waals surface area contributed by atoms with Crippen molar-refractivity contribution in [2.24, 2.45) is 0 Å². The summed E-state index contributed by atoms with van der Waals surface area (Å²) in [5.74, 6) is -0.181. The highest BCUT2D eigenvalue weighted by Gasteiger charge is 2.39. The van der Waals surface area contributed by atoms with Crippen LogP contribution in [0.2, 0.25) is 0 Å². The fourth-order valence-electron chi connectivity index (χ4n) is 3.90. The molecule has 2 atom stereocenters. The Morgan fingerprint density at radius 2 is 1.96 bits per heavy atom. The van der Waals surface area contributed by atoms with Gasteiger partial charge in [-0.15, -0.1) is 0 Å². The van der Waals surface area contributed by atoms with E-state index in [-0.39, 0.29) is 11.9 Å². The monoisotopic (exact) mass is 341 g/mol. The van der Waals surface area contributed by atoms with Crippen molar-refractivity contribution in [1.29, 1.82) is 0 Å². The first-order valence-corrected chi connectivity index (χ1v) is 8.92. The number of hydrogen-bond donors (Lipinski definition) is 0. The molecule has 0 radical (unpaired) electrons. The summed E-state index contributed by atoms with van der Waals surface area (Å²) >= 11 is 0. The fraction of sp³-hybridized carbons (Fsp3) is 0.450. The molecular weight excluding hydrogens is 317 g/mol. The van der Waals surface area contributed by atoms with Crippen molar-refractivity contribution in [1.82, 2.24) is 14.8 Å². The number of likely N-dealkylation sites (tertiary alicyclic amines) is 1. The van der Waals surface area contributed by atoms with Crippen LogP contribution in [0.15, 0.2) is 42.5 Å². The lowest BCUT2D eigenvalue weighted by Crippen LogP contribution is -2.50. The molecule has 25 heavy (non-hydrogen) atoms. The Morgan fingerprint density at radius 1 is 1.12 bits per heavy atom. The summed E-state index contributed by atoms with van der Waals surface area (Å²) in [6, 6.07) is 13.4. The molecule has 0 unspecified atom stereocenters. The largest absolute Gasteiger partial charge is 0.374 e. The van der Waals surface area contributed by atoms with E-state index in [4.69, 9.17) is 4.74 Å². The standard InChI is InChI=1S/C20H24FN3O/c1-15-3-2-4-18(22-15)12-24-9-10-25-20-14-23(13-19(20)24)11-16-5-7-17(21)8-6-16/h2-8,19-20H,9-14H2,1H3/t19-,20+/m1/s1. The van der Waals surface area contributed by atoms with Gasteiger partial charge in [0, 0.05) is 38.4 Å². The molecule has 2 aliphatic heterocycles. The van der Waals surface area contributed by atoms with Crippen LogP contribution < -0.4 is 0 Å². The summed E-state index contributed by atoms with van der Waals surface area (Å²) < 4.78 is 19.1. The average molecular weight is 341 g/mol. The molecule has 0 aliphatic carbocycles. The minimum Gasteiger partial charge on any atom is -0.374 e. The molecule has 5 heteroatoms. The van der Waals surface area contributed by atoms with E-state index in [2.05, 4.69) is 26.9 Å². The van der Waals surface area contributed by atoms with Gasteiger partial charge in [-0.3, -0.25) is 14.8 Å². The molecule has 1 aromatic heterocycles. The highest BCUT2D eigenvalue weighted by molar-refractivity contribution is 5.16. The Bertz CT molecular complexity index is 721. The van der Waals surface area contributed by atoms with Gasteiger partial charge in [-0.1, -0.05) is 18.2 Å². The Kier molecular flexibility index (Phi) is 4.79. The number of aromatic nitrogens is 1. The number of pyridine rings is 1. The molecule has 0 bridgehead atoms. The van der Waals surface area contributed by atoms with Crippen molar-refractivity contribution in [2.75, 3.05) is 26.2 Å². The molecule has 2 aliphatic rings. The second kappa shape index (κ2) is 7.20. The topological polar surface area (TPSA) is 28.6 Å². The SMILES string of the molecule is Cc1cccc(CN2CCO[C@H]3CN(Cc4ccc(F)cc4)C[C@H]32)n1. The Hall–Kier alpha value is -1.82. The van der Waals surface area contributed by atoms with Crippen LogP contribution in [-0.4, -0.2) is 53.2 Å². The van der Waals surface area contributed by atoms with E-state index in [0.29, 0.717) is 6.04 Å². The Morgan fingerprint density at radius 3 is 2.76 bits per heavy atom. The summed E-state index contributed by atoms with van der Waals surface area (Å²) in [5, 5.41) is 0. The zero-order chi connectivity index (χ0) is 17.2. The Labute approximate surface area is 148 Å². The predicted molar refractivity (Wildman–Crippen MR) is 94.6 cm³/mol. The zero-order valence-corrected chi connectivity index (χ0v) is 14.6. The van der Waals surface area contributed by atoms with Gasteiger partial charge in [0.15, 0.2) is 0 Å². The van der Waals surface area contributed by atoms with E-state index in [9.17, 15) is 4.39 Å². The molecule has 0 spiro atoms. The minimum absolute atomic E-state index is 0.181. The van der Waals surface area contributed by atoms with Gasteiger partial charge in [-0.25, -0.2) is 4.39 Å². The summed E-state index contributed by atoms with van der Waals surface area (Å²) in [6.45, 7) is 7.38. The molecule has 0 N–H and O–H groups in total. The van der Waals surface area contributed by atoms with Gasteiger partial charge in [0.25, 0.3) is 0 Å². The molecule has 2 saturated heterocycles. The van der Waals surface area contributed by atoms with E-state index < -0.39 is 0 Å². The van der Waals surface area contributed by atoms with Crippen molar-refractivity contribution >= 4 is 0 Å². The van der Waals surface area contributed by atoms with E-state index in [1.807, 2.05) is 25.1 Å². The van der Waals surface area contributed by atoms with Crippen LogP contribution in [0.1, 0.15) is 17.0 Å². The molecule has 0 saturated carbocycles. The predicted octanol–water partition coefficient (Wildman–Crippen LogP) is 2.61. The number of ether oxygens (including phenoxy) is 1. The number of fused-ring (bicyclic) bond motifs is 1. The van der Waals surface area contributed by atoms with Crippen LogP contribution in [0.3, 0.4) is 0 Å². The second-order valence-corrected chi connectivity index (χ2v) is 7.04. The van der Waals surface area contributed by atoms with E-state index in [1.165, 1.54) is 12.1 Å². The lowest BCUT2D eigenvalue weighted by Gasteiger charge is -2.36. The average Bonchev–Trinajstić information content (AvgIpc) is 3.01. The van der Waals surface area contributed by atoms with Gasteiger partial charge in [0.2, 0.25) is 0 Å². The normalized spacial score (nSPS) is 24.4. The third-order valence-electron chi connectivity index (χ3n) is 5.12. The molecule has 132 valence electrons. The van der Waals surface area contributed by atoms with E-state index in [1.54, 1.807) is 0 Å². The third kappa shape index (κ3) is 3.89. The second-order valence-electron chi connectivity index (χ2n) is 7.04. The lowest BCUT2D eigenvalue weighted by atomic mass is 10.1. The maximum atomic E-state index is 13.1. The quantitative estimate of drug-likeness (QED) is 0.855. The molecule has 1 aromatic carbocycles. The summed E-state index contributed by atoms with van der Waals surface area (Å²) in [6.07, 6.45) is 0.249. The molecule has 2 aromatic rings. The number of halogens is 1. The molecule has 3 heterocycles. The molecule has 0 amide bonds. The van der Waals surface area contributed by atoms with Gasteiger partial charge in [0.1, 0.15) is 5.82 Å². The summed E-state index contributed by atoms with van der Waals surface area (Å²) in [7, 11) is 0. The molecule has 2 fully saturated rings. The van der Waals surface area contributed by atoms with Crippen LogP contribution in [0.5, 0.6) is 0 Å². The maximum Gasteiger partial charge on any atom is 0.123 e. The van der Waals surface area contributed by atoms with Gasteiger partial charge in [0.05, 0.1) is 24.4 Å². The van der Waals surface area contributed by atoms with Gasteiger partial charge in [-0.05, 0) is 36.8 Å². The van der Waals surface area contributed by atoms with Crippen molar-refractivity contribution < 1.29 is 9.13 Å². The number of nitrogens with zero attached hydrogens (tertiary/aromatic N) is 3. The highest BCUT2D eigenvalue weighted by Crippen LogP contribution is 2.25. The zero-order valence-electron chi connectivity index (χ0n) is 14.6. The number of rotatable bonds is 4. The van der Waals surface area contributed by atoms with Gasteiger partial charge >= 0.3 is 0 Å². The minimum atomic E-state index is -0.181. The maximum absolute atomic E-state index is 13.1.